The Kier molecular flexibility index (Phi) is 7.47. The van der Waals surface area contributed by atoms with Crippen molar-refractivity contribution < 1.29 is 0 Å². The number of rotatable bonds is 6. The van der Waals surface area contributed by atoms with Crippen LogP contribution in [-0.2, 0) is 0 Å². The van der Waals surface area contributed by atoms with Crippen LogP contribution in [0, 0.1) is 0 Å². The summed E-state index contributed by atoms with van der Waals surface area (Å²) in [6.45, 7) is 5.98. The molecule has 0 saturated heterocycles. The summed E-state index contributed by atoms with van der Waals surface area (Å²) in [7, 11) is 0. The second-order valence-corrected chi connectivity index (χ2v) is 14.5. The van der Waals surface area contributed by atoms with E-state index >= 15 is 0 Å². The Hall–Kier alpha value is -7.63. The van der Waals surface area contributed by atoms with Crippen LogP contribution in [0.5, 0.6) is 0 Å². The smallest absolute Gasteiger partial charge is 0.160 e. The van der Waals surface area contributed by atoms with Crippen LogP contribution in [0.15, 0.2) is 189 Å². The maximum atomic E-state index is 5.18. The van der Waals surface area contributed by atoms with Crippen LogP contribution in [0.1, 0.15) is 12.6 Å². The van der Waals surface area contributed by atoms with Gasteiger partial charge in [0.25, 0.3) is 0 Å². The Bertz CT molecular complexity index is 3470. The summed E-state index contributed by atoms with van der Waals surface area (Å²) in [5.41, 5.74) is 12.4. The number of fused-ring (bicyclic) bond motifs is 12. The first-order valence-corrected chi connectivity index (χ1v) is 19.3. The van der Waals surface area contributed by atoms with Crippen molar-refractivity contribution in [2.24, 2.45) is 0 Å². The van der Waals surface area contributed by atoms with Crippen LogP contribution < -0.4 is 0 Å². The van der Waals surface area contributed by atoms with Gasteiger partial charge in [-0.15, -0.1) is 0 Å². The zero-order valence-electron chi connectivity index (χ0n) is 31.3. The Labute approximate surface area is 328 Å². The molecule has 5 heteroatoms. The van der Waals surface area contributed by atoms with E-state index < -0.39 is 0 Å². The molecule has 0 unspecified atom stereocenters. The van der Waals surface area contributed by atoms with Gasteiger partial charge in [-0.2, -0.15) is 0 Å². The molecule has 5 nitrogen and oxygen atoms in total. The molecule has 0 atom stereocenters. The van der Waals surface area contributed by atoms with Crippen molar-refractivity contribution in [2.45, 2.75) is 6.92 Å². The average Bonchev–Trinajstić information content (AvgIpc) is 3.82. The lowest BCUT2D eigenvalue weighted by Crippen LogP contribution is -1.98. The monoisotopic (exact) mass is 729 g/mol. The van der Waals surface area contributed by atoms with E-state index in [2.05, 4.69) is 143 Å². The molecular weight excluding hydrogens is 695 g/mol. The fourth-order valence-electron chi connectivity index (χ4n) is 8.58. The number of benzene rings is 6. The van der Waals surface area contributed by atoms with E-state index in [4.69, 9.17) is 15.0 Å². The molecular formula is C52H35N5. The van der Waals surface area contributed by atoms with E-state index in [0.29, 0.717) is 5.82 Å². The standard InChI is InChI=1S/C52H35N5/c1-3-5-14-33(4-2)44-28-25-36(32-53-44)51-41-19-9-11-20-45(41)54-52(55-51)34-23-26-37(27-24-34)56-47-22-13-10-18-40(47)43-30-42-38-16-7-8-17-39(38)48-29-35-15-6-12-21-46(35)57(48)50(42)31-49(43)56/h3-32H,2H2,1H3/b5-3-,33-14+. The SMILES string of the molecule is C=C/C(=C\C=C/C)c1ccc(-c2nc(-c3ccc(-n4c5ccccc5c5cc6c7ccccc7c7cc8ccccc8n7c6cc54)cc3)nc3ccccc23)cn1. The Balaban J connectivity index is 1.08. The highest BCUT2D eigenvalue weighted by Crippen LogP contribution is 2.40. The van der Waals surface area contributed by atoms with Gasteiger partial charge in [0.1, 0.15) is 0 Å². The molecule has 0 aliphatic rings. The lowest BCUT2D eigenvalue weighted by Gasteiger charge is -2.13. The van der Waals surface area contributed by atoms with Crippen LogP contribution in [0.2, 0.25) is 0 Å². The van der Waals surface area contributed by atoms with E-state index in [0.717, 1.165) is 55.7 Å². The normalized spacial score (nSPS) is 12.4. The topological polar surface area (TPSA) is 48.0 Å². The largest absolute Gasteiger partial charge is 0.309 e. The third kappa shape index (κ3) is 5.13. The van der Waals surface area contributed by atoms with Gasteiger partial charge in [0, 0.05) is 55.3 Å². The summed E-state index contributed by atoms with van der Waals surface area (Å²) >= 11 is 0. The summed E-state index contributed by atoms with van der Waals surface area (Å²) in [5.74, 6) is 0.668. The summed E-state index contributed by atoms with van der Waals surface area (Å²) in [6.07, 6.45) is 9.73. The van der Waals surface area contributed by atoms with E-state index in [-0.39, 0.29) is 0 Å². The van der Waals surface area contributed by atoms with Crippen LogP contribution in [0.4, 0.5) is 0 Å². The third-order valence-electron chi connectivity index (χ3n) is 11.2. The fourth-order valence-corrected chi connectivity index (χ4v) is 8.58. The zero-order valence-corrected chi connectivity index (χ0v) is 31.3. The molecule has 11 aromatic rings. The maximum absolute atomic E-state index is 5.18. The predicted octanol–water partition coefficient (Wildman–Crippen LogP) is 13.3. The first-order valence-electron chi connectivity index (χ1n) is 19.3. The van der Waals surface area contributed by atoms with Gasteiger partial charge in [0.15, 0.2) is 5.82 Å². The van der Waals surface area contributed by atoms with E-state index in [9.17, 15) is 0 Å². The summed E-state index contributed by atoms with van der Waals surface area (Å²) < 4.78 is 4.83. The molecule has 5 aromatic heterocycles. The molecule has 0 aliphatic heterocycles. The zero-order chi connectivity index (χ0) is 38.0. The first-order chi connectivity index (χ1) is 28.2. The van der Waals surface area contributed by atoms with Crippen LogP contribution in [0.3, 0.4) is 0 Å². The molecule has 11 rings (SSSR count). The number of para-hydroxylation sites is 3. The van der Waals surface area contributed by atoms with Gasteiger partial charge >= 0.3 is 0 Å². The molecule has 0 radical (unpaired) electrons. The van der Waals surface area contributed by atoms with Crippen molar-refractivity contribution in [3.63, 3.8) is 0 Å². The molecule has 0 bridgehead atoms. The number of pyridine rings is 2. The lowest BCUT2D eigenvalue weighted by atomic mass is 10.0. The summed E-state index contributed by atoms with van der Waals surface area (Å²) in [5, 5.41) is 8.42. The van der Waals surface area contributed by atoms with Crippen molar-refractivity contribution in [3.05, 3.63) is 194 Å². The predicted molar refractivity (Wildman–Crippen MR) is 239 cm³/mol. The maximum Gasteiger partial charge on any atom is 0.160 e. The highest BCUT2D eigenvalue weighted by atomic mass is 15.0. The van der Waals surface area contributed by atoms with Crippen molar-refractivity contribution in [3.8, 4) is 28.3 Å². The molecule has 0 spiro atoms. The quantitative estimate of drug-likeness (QED) is 0.126. The highest BCUT2D eigenvalue weighted by Gasteiger charge is 2.19. The van der Waals surface area contributed by atoms with E-state index in [1.54, 1.807) is 0 Å². The third-order valence-corrected chi connectivity index (χ3v) is 11.2. The van der Waals surface area contributed by atoms with Gasteiger partial charge < -0.3 is 8.97 Å². The van der Waals surface area contributed by atoms with Gasteiger partial charge in [-0.1, -0.05) is 110 Å². The van der Waals surface area contributed by atoms with Gasteiger partial charge in [0.05, 0.1) is 44.5 Å². The molecule has 0 aliphatic carbocycles. The number of allylic oxidation sites excluding steroid dienone is 5. The number of nitrogens with zero attached hydrogens (tertiary/aromatic N) is 5. The molecule has 0 amide bonds. The Morgan fingerprint density at radius 2 is 1.23 bits per heavy atom. The lowest BCUT2D eigenvalue weighted by molar-refractivity contribution is 1.17. The number of hydrogen-bond acceptors (Lipinski definition) is 3. The van der Waals surface area contributed by atoms with Crippen LogP contribution in [0.25, 0.3) is 105 Å². The number of aromatic nitrogens is 5. The second kappa shape index (κ2) is 13.0. The molecule has 5 heterocycles. The molecule has 0 fully saturated rings. The molecule has 0 saturated carbocycles. The Morgan fingerprint density at radius 3 is 2.00 bits per heavy atom. The highest BCUT2D eigenvalue weighted by molar-refractivity contribution is 6.21. The second-order valence-electron chi connectivity index (χ2n) is 14.5. The Morgan fingerprint density at radius 1 is 0.561 bits per heavy atom. The molecule has 6 aromatic carbocycles. The molecule has 57 heavy (non-hydrogen) atoms. The van der Waals surface area contributed by atoms with Gasteiger partial charge in [-0.05, 0) is 90.7 Å². The number of hydrogen-bond donors (Lipinski definition) is 0. The van der Waals surface area contributed by atoms with E-state index in [1.807, 2.05) is 61.7 Å². The summed E-state index contributed by atoms with van der Waals surface area (Å²) in [6, 6.07) is 54.2. The minimum Gasteiger partial charge on any atom is -0.309 e. The fraction of sp³-hybridized carbons (Fsp3) is 0.0192. The molecule has 0 N–H and O–H groups in total. The van der Waals surface area contributed by atoms with Crippen molar-refractivity contribution >= 4 is 76.4 Å². The minimum atomic E-state index is 0.668. The minimum absolute atomic E-state index is 0.668. The van der Waals surface area contributed by atoms with E-state index in [1.165, 1.54) is 48.9 Å². The van der Waals surface area contributed by atoms with Crippen molar-refractivity contribution in [1.82, 2.24) is 23.9 Å². The van der Waals surface area contributed by atoms with Crippen LogP contribution in [-0.4, -0.2) is 23.9 Å². The summed E-state index contributed by atoms with van der Waals surface area (Å²) in [4.78, 5) is 15.0. The van der Waals surface area contributed by atoms with Gasteiger partial charge in [-0.25, -0.2) is 9.97 Å². The first kappa shape index (κ1) is 32.8. The molecule has 268 valence electrons. The average molecular weight is 730 g/mol. The van der Waals surface area contributed by atoms with Crippen molar-refractivity contribution in [1.29, 1.82) is 0 Å². The van der Waals surface area contributed by atoms with Gasteiger partial charge in [0.2, 0.25) is 0 Å². The van der Waals surface area contributed by atoms with Crippen molar-refractivity contribution in [2.75, 3.05) is 0 Å². The van der Waals surface area contributed by atoms with Crippen LogP contribution >= 0.6 is 0 Å². The van der Waals surface area contributed by atoms with Gasteiger partial charge in [-0.3, -0.25) is 4.98 Å².